The average Bonchev–Trinajstić information content (AvgIpc) is 2.77. The molecule has 1 aromatic heterocycles. The molecule has 0 atom stereocenters. The molecule has 0 radical (unpaired) electrons. The molecule has 2 aromatic carbocycles. The maximum Gasteiger partial charge on any atom is 0.243 e. The number of hydrogen-bond donors (Lipinski definition) is 0. The third-order valence-electron chi connectivity index (χ3n) is 5.29. The Bertz CT molecular complexity index is 1180. The summed E-state index contributed by atoms with van der Waals surface area (Å²) in [4.78, 5) is 10.9. The van der Waals surface area contributed by atoms with Gasteiger partial charge < -0.3 is 9.64 Å². The first-order valence-corrected chi connectivity index (χ1v) is 11.4. The van der Waals surface area contributed by atoms with Crippen molar-refractivity contribution in [3.05, 3.63) is 71.7 Å². The van der Waals surface area contributed by atoms with Crippen LogP contribution >= 0.6 is 0 Å². The van der Waals surface area contributed by atoms with Gasteiger partial charge in [-0.25, -0.2) is 17.8 Å². The molecule has 0 spiro atoms. The molecule has 3 aromatic rings. The fourth-order valence-corrected chi connectivity index (χ4v) is 4.82. The second-order valence-corrected chi connectivity index (χ2v) is 9.33. The van der Waals surface area contributed by atoms with E-state index in [4.69, 9.17) is 4.74 Å². The summed E-state index contributed by atoms with van der Waals surface area (Å²) in [5, 5.41) is 0. The van der Waals surface area contributed by atoms with Crippen LogP contribution in [0.25, 0.3) is 0 Å². The smallest absolute Gasteiger partial charge is 0.243 e. The Morgan fingerprint density at radius 1 is 0.935 bits per heavy atom. The molecule has 7 nitrogen and oxygen atoms in total. The van der Waals surface area contributed by atoms with Gasteiger partial charge in [-0.15, -0.1) is 0 Å². The normalized spacial score (nSPS) is 15.1. The molecule has 0 unspecified atom stereocenters. The highest BCUT2D eigenvalue weighted by molar-refractivity contribution is 7.89. The Kier molecular flexibility index (Phi) is 5.88. The maximum atomic E-state index is 13.1. The lowest BCUT2D eigenvalue weighted by molar-refractivity contribution is 0.381. The number of ether oxygens (including phenoxy) is 1. The Balaban J connectivity index is 1.43. The average molecular weight is 443 g/mol. The lowest BCUT2D eigenvalue weighted by atomic mass is 10.1. The van der Waals surface area contributed by atoms with Crippen LogP contribution in [0.2, 0.25) is 0 Å². The molecule has 162 valence electrons. The summed E-state index contributed by atoms with van der Waals surface area (Å²) in [5.74, 6) is 0.921. The predicted octanol–water partition coefficient (Wildman–Crippen LogP) is 3.54. The van der Waals surface area contributed by atoms with E-state index in [9.17, 15) is 12.8 Å². The summed E-state index contributed by atoms with van der Waals surface area (Å²) in [5.41, 5.74) is 2.01. The summed E-state index contributed by atoms with van der Waals surface area (Å²) in [7, 11) is -3.55. The largest absolute Gasteiger partial charge is 0.439 e. The summed E-state index contributed by atoms with van der Waals surface area (Å²) in [6.45, 7) is 5.46. The topological polar surface area (TPSA) is 75.6 Å². The van der Waals surface area contributed by atoms with E-state index in [-0.39, 0.29) is 5.82 Å². The van der Waals surface area contributed by atoms with Gasteiger partial charge in [0.25, 0.3) is 0 Å². The Labute approximate surface area is 181 Å². The van der Waals surface area contributed by atoms with Gasteiger partial charge in [0, 0.05) is 38.4 Å². The van der Waals surface area contributed by atoms with Crippen LogP contribution in [0.3, 0.4) is 0 Å². The van der Waals surface area contributed by atoms with Crippen LogP contribution in [0.4, 0.5) is 10.3 Å². The van der Waals surface area contributed by atoms with E-state index >= 15 is 0 Å². The van der Waals surface area contributed by atoms with E-state index in [1.54, 1.807) is 24.4 Å². The summed E-state index contributed by atoms with van der Waals surface area (Å²) >= 11 is 0. The zero-order valence-corrected chi connectivity index (χ0v) is 18.1. The van der Waals surface area contributed by atoms with Crippen molar-refractivity contribution in [2.45, 2.75) is 18.7 Å². The SMILES string of the molecule is Cc1ccc(S(=O)(=O)N2CCN(c3nccc(Oc4ccc(F)cc4)n3)CC2)cc1C. The second kappa shape index (κ2) is 8.60. The van der Waals surface area contributed by atoms with Gasteiger partial charge in [0.1, 0.15) is 11.6 Å². The van der Waals surface area contributed by atoms with Gasteiger partial charge in [-0.2, -0.15) is 9.29 Å². The molecular weight excluding hydrogens is 419 g/mol. The van der Waals surface area contributed by atoms with Crippen molar-refractivity contribution >= 4 is 16.0 Å². The van der Waals surface area contributed by atoms with Crippen LogP contribution in [-0.4, -0.2) is 48.9 Å². The minimum Gasteiger partial charge on any atom is -0.439 e. The van der Waals surface area contributed by atoms with Crippen molar-refractivity contribution in [3.8, 4) is 11.6 Å². The summed E-state index contributed by atoms with van der Waals surface area (Å²) in [6, 6.07) is 12.5. The quantitative estimate of drug-likeness (QED) is 0.602. The van der Waals surface area contributed by atoms with E-state index < -0.39 is 10.0 Å². The Hall–Kier alpha value is -3.04. The molecule has 9 heteroatoms. The van der Waals surface area contributed by atoms with Crippen LogP contribution in [0, 0.1) is 19.7 Å². The minimum absolute atomic E-state index is 0.315. The number of aryl methyl sites for hydroxylation is 2. The fraction of sp³-hybridized carbons (Fsp3) is 0.273. The zero-order chi connectivity index (χ0) is 22.0. The van der Waals surface area contributed by atoms with Crippen molar-refractivity contribution in [1.82, 2.24) is 14.3 Å². The number of piperazine rings is 1. The summed E-state index contributed by atoms with van der Waals surface area (Å²) < 4.78 is 46.2. The van der Waals surface area contributed by atoms with Crippen molar-refractivity contribution in [2.24, 2.45) is 0 Å². The monoisotopic (exact) mass is 442 g/mol. The van der Waals surface area contributed by atoms with Gasteiger partial charge in [0.05, 0.1) is 4.90 Å². The second-order valence-electron chi connectivity index (χ2n) is 7.39. The predicted molar refractivity (Wildman–Crippen MR) is 115 cm³/mol. The third-order valence-corrected chi connectivity index (χ3v) is 7.19. The van der Waals surface area contributed by atoms with E-state index in [2.05, 4.69) is 9.97 Å². The molecule has 1 saturated heterocycles. The molecule has 0 saturated carbocycles. The van der Waals surface area contributed by atoms with Gasteiger partial charge in [-0.1, -0.05) is 6.07 Å². The van der Waals surface area contributed by atoms with Gasteiger partial charge in [-0.05, 0) is 61.4 Å². The number of aromatic nitrogens is 2. The molecular formula is C22H23FN4O3S. The van der Waals surface area contributed by atoms with Gasteiger partial charge in [0.2, 0.25) is 21.9 Å². The Morgan fingerprint density at radius 2 is 1.65 bits per heavy atom. The van der Waals surface area contributed by atoms with Crippen molar-refractivity contribution in [3.63, 3.8) is 0 Å². The van der Waals surface area contributed by atoms with Crippen LogP contribution in [0.1, 0.15) is 11.1 Å². The van der Waals surface area contributed by atoms with Crippen LogP contribution in [0.15, 0.2) is 59.6 Å². The molecule has 1 aliphatic rings. The molecule has 0 bridgehead atoms. The van der Waals surface area contributed by atoms with Gasteiger partial charge >= 0.3 is 0 Å². The highest BCUT2D eigenvalue weighted by Gasteiger charge is 2.29. The minimum atomic E-state index is -3.55. The molecule has 2 heterocycles. The van der Waals surface area contributed by atoms with Crippen LogP contribution < -0.4 is 9.64 Å². The van der Waals surface area contributed by atoms with Crippen molar-refractivity contribution in [2.75, 3.05) is 31.1 Å². The van der Waals surface area contributed by atoms with Gasteiger partial charge in [-0.3, -0.25) is 0 Å². The zero-order valence-electron chi connectivity index (χ0n) is 17.3. The molecule has 0 amide bonds. The molecule has 1 fully saturated rings. The number of halogens is 1. The van der Waals surface area contributed by atoms with Crippen LogP contribution in [0.5, 0.6) is 11.6 Å². The number of rotatable bonds is 5. The number of hydrogen-bond acceptors (Lipinski definition) is 6. The van der Waals surface area contributed by atoms with Crippen molar-refractivity contribution < 1.29 is 17.5 Å². The van der Waals surface area contributed by atoms with E-state index in [1.165, 1.54) is 28.6 Å². The first-order valence-electron chi connectivity index (χ1n) is 9.92. The molecule has 0 aliphatic carbocycles. The standard InChI is InChI=1S/C22H23FN4O3S/c1-16-3-8-20(15-17(16)2)31(28,29)27-13-11-26(12-14-27)22-24-10-9-21(25-22)30-19-6-4-18(23)5-7-19/h3-10,15H,11-14H2,1-2H3. The molecule has 4 rings (SSSR count). The maximum absolute atomic E-state index is 13.1. The molecule has 1 aliphatic heterocycles. The number of sulfonamides is 1. The van der Waals surface area contributed by atoms with Gasteiger partial charge in [0.15, 0.2) is 0 Å². The summed E-state index contributed by atoms with van der Waals surface area (Å²) in [6.07, 6.45) is 1.58. The highest BCUT2D eigenvalue weighted by Crippen LogP contribution is 2.24. The highest BCUT2D eigenvalue weighted by atomic mass is 32.2. The molecule has 0 N–H and O–H groups in total. The number of nitrogens with zero attached hydrogens (tertiary/aromatic N) is 4. The van der Waals surface area contributed by atoms with E-state index in [0.29, 0.717) is 48.7 Å². The number of benzene rings is 2. The first-order chi connectivity index (χ1) is 14.8. The first kappa shape index (κ1) is 21.2. The number of anilines is 1. The van der Waals surface area contributed by atoms with Crippen LogP contribution in [-0.2, 0) is 10.0 Å². The Morgan fingerprint density at radius 3 is 2.32 bits per heavy atom. The lowest BCUT2D eigenvalue weighted by Crippen LogP contribution is -2.49. The van der Waals surface area contributed by atoms with E-state index in [0.717, 1.165) is 11.1 Å². The molecule has 31 heavy (non-hydrogen) atoms. The van der Waals surface area contributed by atoms with E-state index in [1.807, 2.05) is 24.8 Å². The third kappa shape index (κ3) is 4.67. The fourth-order valence-electron chi connectivity index (χ4n) is 3.32. The lowest BCUT2D eigenvalue weighted by Gasteiger charge is -2.34. The van der Waals surface area contributed by atoms with Crippen molar-refractivity contribution in [1.29, 1.82) is 0 Å².